The van der Waals surface area contributed by atoms with Crippen LogP contribution in [0.25, 0.3) is 10.1 Å². The minimum atomic E-state index is -0.260. The van der Waals surface area contributed by atoms with Gasteiger partial charge in [-0.1, -0.05) is 40.2 Å². The normalized spacial score (nSPS) is 12.6. The van der Waals surface area contributed by atoms with Gasteiger partial charge >= 0.3 is 0 Å². The predicted octanol–water partition coefficient (Wildman–Crippen LogP) is 5.53. The molecule has 4 heteroatoms. The molecule has 102 valence electrons. The molecule has 0 aliphatic heterocycles. The number of rotatable bonds is 3. The van der Waals surface area contributed by atoms with Crippen LogP contribution in [0, 0.1) is 5.82 Å². The number of hydrogen-bond donors (Lipinski definition) is 0. The van der Waals surface area contributed by atoms with Crippen molar-refractivity contribution in [3.05, 3.63) is 64.8 Å². The average Bonchev–Trinajstić information content (AvgIpc) is 2.90. The molecular weight excluding hydrogens is 339 g/mol. The van der Waals surface area contributed by atoms with Crippen LogP contribution in [0.2, 0.25) is 0 Å². The van der Waals surface area contributed by atoms with Crippen LogP contribution in [0.15, 0.2) is 48.5 Å². The highest BCUT2D eigenvalue weighted by molar-refractivity contribution is 9.09. The molecule has 20 heavy (non-hydrogen) atoms. The second-order valence-electron chi connectivity index (χ2n) is 4.44. The minimum absolute atomic E-state index is 0.147. The molecule has 2 aromatic carbocycles. The van der Waals surface area contributed by atoms with E-state index in [0.29, 0.717) is 11.3 Å². The van der Waals surface area contributed by atoms with Crippen molar-refractivity contribution in [1.29, 1.82) is 0 Å². The number of thiophene rings is 1. The largest absolute Gasteiger partial charge is 0.497 e. The van der Waals surface area contributed by atoms with Gasteiger partial charge in [-0.15, -0.1) is 11.3 Å². The van der Waals surface area contributed by atoms with Crippen molar-refractivity contribution in [2.24, 2.45) is 0 Å². The predicted molar refractivity (Wildman–Crippen MR) is 85.5 cm³/mol. The van der Waals surface area contributed by atoms with Crippen LogP contribution in [0.5, 0.6) is 5.75 Å². The average molecular weight is 351 g/mol. The Kier molecular flexibility index (Phi) is 3.76. The van der Waals surface area contributed by atoms with Gasteiger partial charge in [0.1, 0.15) is 11.6 Å². The summed E-state index contributed by atoms with van der Waals surface area (Å²) in [7, 11) is 1.53. The standard InChI is InChI=1S/C16H12BrFOS/c1-19-11-6-7-12(13(18)9-11)16(17)15-8-10-4-2-3-5-14(10)20-15/h2-9,16H,1H3. The number of methoxy groups -OCH3 is 1. The van der Waals surface area contributed by atoms with E-state index in [1.807, 2.05) is 12.1 Å². The van der Waals surface area contributed by atoms with Crippen molar-refractivity contribution >= 4 is 37.4 Å². The summed E-state index contributed by atoms with van der Waals surface area (Å²) in [5.41, 5.74) is 0.623. The van der Waals surface area contributed by atoms with Crippen LogP contribution in [0.3, 0.4) is 0 Å². The number of fused-ring (bicyclic) bond motifs is 1. The molecule has 0 aliphatic rings. The third kappa shape index (κ3) is 2.45. The molecule has 0 spiro atoms. The lowest BCUT2D eigenvalue weighted by Gasteiger charge is -2.10. The molecule has 0 bridgehead atoms. The fraction of sp³-hybridized carbons (Fsp3) is 0.125. The summed E-state index contributed by atoms with van der Waals surface area (Å²) in [5.74, 6) is 0.269. The summed E-state index contributed by atoms with van der Waals surface area (Å²) in [6.45, 7) is 0. The van der Waals surface area contributed by atoms with Gasteiger partial charge in [-0.2, -0.15) is 0 Å². The molecule has 0 saturated carbocycles. The highest BCUT2D eigenvalue weighted by atomic mass is 79.9. The summed E-state index contributed by atoms with van der Waals surface area (Å²) in [6.07, 6.45) is 0. The van der Waals surface area contributed by atoms with E-state index >= 15 is 0 Å². The maximum Gasteiger partial charge on any atom is 0.131 e. The van der Waals surface area contributed by atoms with Gasteiger partial charge in [0.05, 0.1) is 11.9 Å². The first-order valence-electron chi connectivity index (χ1n) is 6.15. The summed E-state index contributed by atoms with van der Waals surface area (Å²) in [4.78, 5) is 0.945. The Morgan fingerprint density at radius 2 is 1.95 bits per heavy atom. The van der Waals surface area contributed by atoms with Crippen LogP contribution in [0.4, 0.5) is 4.39 Å². The van der Waals surface area contributed by atoms with Gasteiger partial charge < -0.3 is 4.74 Å². The molecule has 0 saturated heterocycles. The highest BCUT2D eigenvalue weighted by Gasteiger charge is 2.17. The van der Waals surface area contributed by atoms with Gasteiger partial charge in [0.15, 0.2) is 0 Å². The minimum Gasteiger partial charge on any atom is -0.497 e. The molecule has 1 nitrogen and oxygen atoms in total. The molecule has 3 aromatic rings. The fourth-order valence-electron chi connectivity index (χ4n) is 2.12. The second kappa shape index (κ2) is 5.54. The lowest BCUT2D eigenvalue weighted by molar-refractivity contribution is 0.411. The van der Waals surface area contributed by atoms with Gasteiger partial charge in [0.25, 0.3) is 0 Å². The van der Waals surface area contributed by atoms with Crippen LogP contribution in [-0.2, 0) is 0 Å². The number of ether oxygens (including phenoxy) is 1. The van der Waals surface area contributed by atoms with Crippen LogP contribution in [-0.4, -0.2) is 7.11 Å². The molecule has 3 rings (SSSR count). The van der Waals surface area contributed by atoms with E-state index in [-0.39, 0.29) is 10.6 Å². The lowest BCUT2D eigenvalue weighted by Crippen LogP contribution is -1.95. The van der Waals surface area contributed by atoms with Crippen LogP contribution < -0.4 is 4.74 Å². The molecule has 0 amide bonds. The summed E-state index contributed by atoms with van der Waals surface area (Å²) >= 11 is 5.27. The van der Waals surface area contributed by atoms with Crippen molar-refractivity contribution in [3.8, 4) is 5.75 Å². The van der Waals surface area contributed by atoms with E-state index in [9.17, 15) is 4.39 Å². The lowest BCUT2D eigenvalue weighted by atomic mass is 10.1. The second-order valence-corrected chi connectivity index (χ2v) is 6.47. The van der Waals surface area contributed by atoms with Crippen molar-refractivity contribution < 1.29 is 9.13 Å². The molecule has 0 fully saturated rings. The summed E-state index contributed by atoms with van der Waals surface area (Å²) < 4.78 is 20.4. The summed E-state index contributed by atoms with van der Waals surface area (Å²) in [6, 6.07) is 15.2. The van der Waals surface area contributed by atoms with E-state index in [2.05, 4.69) is 34.1 Å². The first-order valence-corrected chi connectivity index (χ1v) is 7.88. The molecule has 1 aromatic heterocycles. The van der Waals surface area contributed by atoms with Crippen molar-refractivity contribution in [2.45, 2.75) is 4.83 Å². The zero-order chi connectivity index (χ0) is 14.1. The Morgan fingerprint density at radius 3 is 2.65 bits per heavy atom. The Labute approximate surface area is 129 Å². The zero-order valence-corrected chi connectivity index (χ0v) is 13.2. The fourth-order valence-corrected chi connectivity index (χ4v) is 3.97. The van der Waals surface area contributed by atoms with Crippen molar-refractivity contribution in [1.82, 2.24) is 0 Å². The third-order valence-electron chi connectivity index (χ3n) is 3.18. The number of alkyl halides is 1. The quantitative estimate of drug-likeness (QED) is 0.564. The van der Waals surface area contributed by atoms with E-state index in [0.717, 1.165) is 4.88 Å². The Balaban J connectivity index is 2.01. The number of halogens is 2. The van der Waals surface area contributed by atoms with E-state index in [1.165, 1.54) is 23.3 Å². The molecule has 1 atom stereocenters. The number of benzene rings is 2. The third-order valence-corrected chi connectivity index (χ3v) is 5.65. The van der Waals surface area contributed by atoms with Crippen LogP contribution >= 0.6 is 27.3 Å². The molecule has 0 N–H and O–H groups in total. The van der Waals surface area contributed by atoms with E-state index in [1.54, 1.807) is 23.5 Å². The Morgan fingerprint density at radius 1 is 1.15 bits per heavy atom. The maximum absolute atomic E-state index is 14.1. The monoisotopic (exact) mass is 350 g/mol. The Bertz CT molecular complexity index is 720. The molecule has 0 aliphatic carbocycles. The summed E-state index contributed by atoms with van der Waals surface area (Å²) in [5, 5.41) is 1.19. The SMILES string of the molecule is COc1ccc(C(Br)c2cc3ccccc3s2)c(F)c1. The van der Waals surface area contributed by atoms with Crippen molar-refractivity contribution in [2.75, 3.05) is 7.11 Å². The molecular formula is C16H12BrFOS. The highest BCUT2D eigenvalue weighted by Crippen LogP contribution is 2.39. The van der Waals surface area contributed by atoms with Gasteiger partial charge in [0.2, 0.25) is 0 Å². The van der Waals surface area contributed by atoms with Gasteiger partial charge in [-0.05, 0) is 23.6 Å². The molecule has 1 heterocycles. The van der Waals surface area contributed by atoms with Gasteiger partial charge in [-0.3, -0.25) is 0 Å². The van der Waals surface area contributed by atoms with E-state index < -0.39 is 0 Å². The van der Waals surface area contributed by atoms with Gasteiger partial charge in [0, 0.05) is 21.2 Å². The number of hydrogen-bond acceptors (Lipinski definition) is 2. The first kappa shape index (κ1) is 13.6. The first-order chi connectivity index (χ1) is 9.69. The topological polar surface area (TPSA) is 9.23 Å². The van der Waals surface area contributed by atoms with Crippen molar-refractivity contribution in [3.63, 3.8) is 0 Å². The van der Waals surface area contributed by atoms with Crippen LogP contribution in [0.1, 0.15) is 15.3 Å². The molecule has 1 unspecified atom stereocenters. The zero-order valence-electron chi connectivity index (χ0n) is 10.8. The maximum atomic E-state index is 14.1. The van der Waals surface area contributed by atoms with E-state index in [4.69, 9.17) is 4.74 Å². The Hall–Kier alpha value is -1.39. The smallest absolute Gasteiger partial charge is 0.131 e. The van der Waals surface area contributed by atoms with Gasteiger partial charge in [-0.25, -0.2) is 4.39 Å². The molecule has 0 radical (unpaired) electrons.